The first-order valence-corrected chi connectivity index (χ1v) is 17.8. The summed E-state index contributed by atoms with van der Waals surface area (Å²) in [6.07, 6.45) is 10.2. The predicted molar refractivity (Wildman–Crippen MR) is 201 cm³/mol. The van der Waals surface area contributed by atoms with Gasteiger partial charge in [0.15, 0.2) is 17.3 Å². The highest BCUT2D eigenvalue weighted by Crippen LogP contribution is 2.37. The molecular formula is C44H46O7. The summed E-state index contributed by atoms with van der Waals surface area (Å²) < 4.78 is 29.0. The third kappa shape index (κ3) is 11.4. The Morgan fingerprint density at radius 1 is 0.725 bits per heavy atom. The van der Waals surface area contributed by atoms with Gasteiger partial charge >= 0.3 is 5.97 Å². The maximum absolute atomic E-state index is 13.7. The number of fused-ring (bicyclic) bond motifs is 1. The monoisotopic (exact) mass is 686 g/mol. The van der Waals surface area contributed by atoms with Crippen molar-refractivity contribution in [1.29, 1.82) is 0 Å². The van der Waals surface area contributed by atoms with Crippen molar-refractivity contribution in [3.8, 4) is 40.4 Å². The van der Waals surface area contributed by atoms with Gasteiger partial charge in [0, 0.05) is 31.1 Å². The number of benzene rings is 4. The van der Waals surface area contributed by atoms with Crippen LogP contribution in [-0.2, 0) is 22.7 Å². The van der Waals surface area contributed by atoms with Crippen molar-refractivity contribution in [2.24, 2.45) is 0 Å². The summed E-state index contributed by atoms with van der Waals surface area (Å²) in [5, 5.41) is 0.291. The van der Waals surface area contributed by atoms with Gasteiger partial charge in [0.2, 0.25) is 11.2 Å². The van der Waals surface area contributed by atoms with Crippen molar-refractivity contribution in [1.82, 2.24) is 0 Å². The van der Waals surface area contributed by atoms with Gasteiger partial charge in [-0.05, 0) is 60.4 Å². The molecule has 0 saturated heterocycles. The number of carbonyl (C=O) groups excluding carboxylic acids is 1. The fourth-order valence-electron chi connectivity index (χ4n) is 5.75. The SMILES string of the molecule is COc1cc(-c2oc3ccc(C#CCCCCCCCCCCOCc4ccccc4)cc3c(=O)c2OC(C)=O)ccc1OCc1ccccc1. The van der Waals surface area contributed by atoms with Crippen LogP contribution in [0.4, 0.5) is 0 Å². The molecule has 0 aliphatic heterocycles. The number of unbranched alkanes of at least 4 members (excludes halogenated alkanes) is 8. The van der Waals surface area contributed by atoms with Gasteiger partial charge < -0.3 is 23.4 Å². The van der Waals surface area contributed by atoms with Crippen LogP contribution in [0.2, 0.25) is 0 Å². The summed E-state index contributed by atoms with van der Waals surface area (Å²) in [4.78, 5) is 25.8. The second-order valence-electron chi connectivity index (χ2n) is 12.5. The van der Waals surface area contributed by atoms with E-state index in [4.69, 9.17) is 23.4 Å². The van der Waals surface area contributed by atoms with Gasteiger partial charge in [-0.1, -0.05) is 111 Å². The summed E-state index contributed by atoms with van der Waals surface area (Å²) in [7, 11) is 1.54. The lowest BCUT2D eigenvalue weighted by molar-refractivity contribution is -0.132. The van der Waals surface area contributed by atoms with E-state index in [1.807, 2.05) is 54.6 Å². The van der Waals surface area contributed by atoms with Crippen LogP contribution in [-0.4, -0.2) is 19.7 Å². The molecule has 5 rings (SSSR count). The maximum atomic E-state index is 13.7. The molecule has 1 heterocycles. The molecule has 7 heteroatoms. The van der Waals surface area contributed by atoms with E-state index in [2.05, 4.69) is 24.0 Å². The Bertz CT molecular complexity index is 1970. The second-order valence-corrected chi connectivity index (χ2v) is 12.5. The number of hydrogen-bond acceptors (Lipinski definition) is 7. The van der Waals surface area contributed by atoms with Crippen molar-refractivity contribution in [2.75, 3.05) is 13.7 Å². The van der Waals surface area contributed by atoms with E-state index < -0.39 is 11.4 Å². The Hall–Kier alpha value is -5.32. The molecule has 0 fully saturated rings. The molecule has 1 aromatic heterocycles. The van der Waals surface area contributed by atoms with Crippen LogP contribution in [0, 0.1) is 11.8 Å². The minimum atomic E-state index is -0.627. The van der Waals surface area contributed by atoms with Crippen molar-refractivity contribution < 1.29 is 28.2 Å². The summed E-state index contributed by atoms with van der Waals surface area (Å²) in [5.41, 5.74) is 3.35. The van der Waals surface area contributed by atoms with Crippen LogP contribution >= 0.6 is 0 Å². The Balaban J connectivity index is 1.12. The molecule has 0 N–H and O–H groups in total. The van der Waals surface area contributed by atoms with Crippen molar-refractivity contribution in [3.63, 3.8) is 0 Å². The standard InChI is InChI=1S/C44H46O7/c1-33(45)50-44-42(46)38-29-34(19-13-9-7-5-3-4-6-8-10-18-28-48-31-35-20-14-11-15-21-35)24-26-39(38)51-43(44)37-25-27-40(41(30-37)47-2)49-32-36-22-16-12-17-23-36/h11-12,14-17,20-27,29-30H,3-10,18,28,31-32H2,1-2H3. The number of hydrogen-bond donors (Lipinski definition) is 0. The van der Waals surface area contributed by atoms with Crippen LogP contribution in [0.15, 0.2) is 106 Å². The summed E-state index contributed by atoms with van der Waals surface area (Å²) in [5.74, 6) is 6.71. The van der Waals surface area contributed by atoms with Crippen LogP contribution in [0.5, 0.6) is 17.2 Å². The van der Waals surface area contributed by atoms with Gasteiger partial charge in [-0.25, -0.2) is 0 Å². The quantitative estimate of drug-likeness (QED) is 0.0515. The molecule has 0 aliphatic carbocycles. The molecule has 7 nitrogen and oxygen atoms in total. The Kier molecular flexibility index (Phi) is 14.3. The lowest BCUT2D eigenvalue weighted by Crippen LogP contribution is -2.13. The van der Waals surface area contributed by atoms with Gasteiger partial charge in [-0.15, -0.1) is 0 Å². The zero-order valence-electron chi connectivity index (χ0n) is 29.6. The molecule has 0 atom stereocenters. The second kappa shape index (κ2) is 19.8. The fraction of sp³-hybridized carbons (Fsp3) is 0.318. The summed E-state index contributed by atoms with van der Waals surface area (Å²) in [6.45, 7) is 3.12. The third-order valence-electron chi connectivity index (χ3n) is 8.44. The maximum Gasteiger partial charge on any atom is 0.308 e. The molecule has 0 bridgehead atoms. The molecular weight excluding hydrogens is 640 g/mol. The number of esters is 1. The summed E-state index contributed by atoms with van der Waals surface area (Å²) >= 11 is 0. The van der Waals surface area contributed by atoms with E-state index >= 15 is 0 Å². The van der Waals surface area contributed by atoms with Crippen molar-refractivity contribution >= 4 is 16.9 Å². The Labute approximate surface area is 300 Å². The van der Waals surface area contributed by atoms with Gasteiger partial charge in [0.05, 0.1) is 19.1 Å². The lowest BCUT2D eigenvalue weighted by Gasteiger charge is -2.14. The predicted octanol–water partition coefficient (Wildman–Crippen LogP) is 10.1. The molecule has 264 valence electrons. The molecule has 0 aliphatic rings. The largest absolute Gasteiger partial charge is 0.493 e. The Morgan fingerprint density at radius 3 is 2.08 bits per heavy atom. The molecule has 0 radical (unpaired) electrons. The van der Waals surface area contributed by atoms with E-state index in [9.17, 15) is 9.59 Å². The zero-order valence-corrected chi connectivity index (χ0v) is 29.6. The number of rotatable bonds is 18. The fourth-order valence-corrected chi connectivity index (χ4v) is 5.75. The van der Waals surface area contributed by atoms with E-state index in [-0.39, 0.29) is 11.5 Å². The average Bonchev–Trinajstić information content (AvgIpc) is 3.16. The topological polar surface area (TPSA) is 84.2 Å². The van der Waals surface area contributed by atoms with Crippen LogP contribution < -0.4 is 19.6 Å². The van der Waals surface area contributed by atoms with Crippen molar-refractivity contribution in [3.05, 3.63) is 124 Å². The van der Waals surface area contributed by atoms with Gasteiger partial charge in [0.25, 0.3) is 0 Å². The number of carbonyl (C=O) groups is 1. The first kappa shape index (κ1) is 36.9. The molecule has 0 spiro atoms. The molecule has 5 aromatic rings. The van der Waals surface area contributed by atoms with E-state index in [0.29, 0.717) is 46.8 Å². The number of methoxy groups -OCH3 is 1. The summed E-state index contributed by atoms with van der Waals surface area (Å²) in [6, 6.07) is 30.5. The highest BCUT2D eigenvalue weighted by atomic mass is 16.5. The lowest BCUT2D eigenvalue weighted by atomic mass is 10.1. The van der Waals surface area contributed by atoms with Gasteiger partial charge in [-0.2, -0.15) is 0 Å². The first-order valence-electron chi connectivity index (χ1n) is 17.8. The molecule has 4 aromatic carbocycles. The van der Waals surface area contributed by atoms with E-state index in [1.54, 1.807) is 30.3 Å². The first-order chi connectivity index (χ1) is 25.0. The van der Waals surface area contributed by atoms with Crippen molar-refractivity contribution in [2.45, 2.75) is 77.9 Å². The highest BCUT2D eigenvalue weighted by molar-refractivity contribution is 5.85. The number of ether oxygens (including phenoxy) is 4. The van der Waals surface area contributed by atoms with E-state index in [1.165, 1.54) is 51.7 Å². The Morgan fingerprint density at radius 2 is 1.39 bits per heavy atom. The van der Waals surface area contributed by atoms with Gasteiger partial charge in [-0.3, -0.25) is 9.59 Å². The average molecular weight is 687 g/mol. The smallest absolute Gasteiger partial charge is 0.308 e. The minimum absolute atomic E-state index is 0.127. The molecule has 0 saturated carbocycles. The van der Waals surface area contributed by atoms with Crippen LogP contribution in [0.3, 0.4) is 0 Å². The molecule has 0 amide bonds. The van der Waals surface area contributed by atoms with Crippen LogP contribution in [0.1, 0.15) is 81.4 Å². The molecule has 51 heavy (non-hydrogen) atoms. The van der Waals surface area contributed by atoms with E-state index in [0.717, 1.165) is 37.9 Å². The highest BCUT2D eigenvalue weighted by Gasteiger charge is 2.21. The zero-order chi connectivity index (χ0) is 35.7. The normalized spacial score (nSPS) is 10.8. The third-order valence-corrected chi connectivity index (χ3v) is 8.44. The van der Waals surface area contributed by atoms with Gasteiger partial charge in [0.1, 0.15) is 12.2 Å². The minimum Gasteiger partial charge on any atom is -0.493 e. The molecule has 0 unspecified atom stereocenters. The van der Waals surface area contributed by atoms with Crippen LogP contribution in [0.25, 0.3) is 22.3 Å².